The van der Waals surface area contributed by atoms with Crippen LogP contribution in [-0.2, 0) is 14.8 Å². The van der Waals surface area contributed by atoms with Gasteiger partial charge in [-0.15, -0.1) is 0 Å². The number of fused-ring (bicyclic) bond motifs is 1. The molecular formula is C21H24N2O4S. The van der Waals surface area contributed by atoms with Gasteiger partial charge in [0.2, 0.25) is 10.0 Å². The molecular weight excluding hydrogens is 376 g/mol. The molecule has 1 aliphatic rings. The zero-order valence-electron chi connectivity index (χ0n) is 16.0. The number of hydrogen-bond donors (Lipinski definition) is 2. The van der Waals surface area contributed by atoms with Crippen LogP contribution < -0.4 is 14.8 Å². The fraction of sp³-hybridized carbons (Fsp3) is 0.286. The predicted molar refractivity (Wildman–Crippen MR) is 111 cm³/mol. The number of unbranched alkanes of at least 4 members (excludes halogenated alkanes) is 2. The molecule has 7 heteroatoms. The van der Waals surface area contributed by atoms with Gasteiger partial charge in [0.1, 0.15) is 5.75 Å². The van der Waals surface area contributed by atoms with Gasteiger partial charge in [-0.3, -0.25) is 4.79 Å². The third-order valence-electron chi connectivity index (χ3n) is 4.60. The summed E-state index contributed by atoms with van der Waals surface area (Å²) in [5.41, 5.74) is 2.31. The van der Waals surface area contributed by atoms with Gasteiger partial charge in [-0.2, -0.15) is 0 Å². The van der Waals surface area contributed by atoms with Crippen molar-refractivity contribution in [3.63, 3.8) is 0 Å². The topological polar surface area (TPSA) is 84.5 Å². The standard InChI is InChI=1S/C21H24N2O4S/c1-3-4-7-12-22-28(25,26)16-10-11-19-17(14-16)18(21(24)23-19)13-15-8-5-6-9-20(15)27-2/h5-6,8-11,13-14,22H,3-4,7,12H2,1-2H3,(H,23,24)/b18-13+. The molecule has 2 N–H and O–H groups in total. The van der Waals surface area contributed by atoms with Crippen LogP contribution in [0.15, 0.2) is 47.4 Å². The molecule has 0 fully saturated rings. The van der Waals surface area contributed by atoms with Gasteiger partial charge in [0.05, 0.1) is 12.0 Å². The van der Waals surface area contributed by atoms with Crippen LogP contribution in [0, 0.1) is 0 Å². The van der Waals surface area contributed by atoms with Crippen LogP contribution in [-0.4, -0.2) is 28.0 Å². The Labute approximate surface area is 165 Å². The van der Waals surface area contributed by atoms with Gasteiger partial charge in [0.25, 0.3) is 5.91 Å². The van der Waals surface area contributed by atoms with Crippen LogP contribution >= 0.6 is 0 Å². The zero-order valence-corrected chi connectivity index (χ0v) is 16.8. The Kier molecular flexibility index (Phi) is 6.16. The van der Waals surface area contributed by atoms with Crippen molar-refractivity contribution in [3.05, 3.63) is 53.6 Å². The number of rotatable bonds is 8. The third kappa shape index (κ3) is 4.26. The molecule has 0 unspecified atom stereocenters. The maximum Gasteiger partial charge on any atom is 0.256 e. The fourth-order valence-electron chi connectivity index (χ4n) is 3.08. The zero-order chi connectivity index (χ0) is 20.1. The first kappa shape index (κ1) is 20.1. The van der Waals surface area contributed by atoms with Gasteiger partial charge in [-0.1, -0.05) is 38.0 Å². The number of anilines is 1. The van der Waals surface area contributed by atoms with E-state index >= 15 is 0 Å². The maximum atomic E-state index is 12.6. The normalized spacial score (nSPS) is 14.8. The van der Waals surface area contributed by atoms with Crippen molar-refractivity contribution in [3.8, 4) is 5.75 Å². The van der Waals surface area contributed by atoms with E-state index < -0.39 is 10.0 Å². The van der Waals surface area contributed by atoms with Gasteiger partial charge in [-0.25, -0.2) is 13.1 Å². The van der Waals surface area contributed by atoms with Crippen LogP contribution in [0.5, 0.6) is 5.75 Å². The second kappa shape index (κ2) is 8.58. The van der Waals surface area contributed by atoms with Crippen molar-refractivity contribution in [1.29, 1.82) is 0 Å². The summed E-state index contributed by atoms with van der Waals surface area (Å²) in [6, 6.07) is 12.0. The summed E-state index contributed by atoms with van der Waals surface area (Å²) >= 11 is 0. The van der Waals surface area contributed by atoms with Crippen molar-refractivity contribution in [2.24, 2.45) is 0 Å². The molecule has 0 aromatic heterocycles. The lowest BCUT2D eigenvalue weighted by atomic mass is 10.0. The molecule has 1 heterocycles. The van der Waals surface area contributed by atoms with E-state index in [0.29, 0.717) is 29.1 Å². The van der Waals surface area contributed by atoms with E-state index in [2.05, 4.69) is 17.0 Å². The molecule has 2 aromatic carbocycles. The molecule has 0 bridgehead atoms. The molecule has 6 nitrogen and oxygen atoms in total. The van der Waals surface area contributed by atoms with E-state index in [1.807, 2.05) is 18.2 Å². The third-order valence-corrected chi connectivity index (χ3v) is 6.05. The van der Waals surface area contributed by atoms with E-state index in [1.54, 1.807) is 25.3 Å². The Hall–Kier alpha value is -2.64. The number of sulfonamides is 1. The number of amides is 1. The highest BCUT2D eigenvalue weighted by Gasteiger charge is 2.27. The van der Waals surface area contributed by atoms with Gasteiger partial charge in [0, 0.05) is 28.9 Å². The van der Waals surface area contributed by atoms with Crippen LogP contribution in [0.2, 0.25) is 0 Å². The second-order valence-corrected chi connectivity index (χ2v) is 8.33. The van der Waals surface area contributed by atoms with Gasteiger partial charge < -0.3 is 10.1 Å². The summed E-state index contributed by atoms with van der Waals surface area (Å²) in [5.74, 6) is 0.365. The van der Waals surface area contributed by atoms with E-state index in [9.17, 15) is 13.2 Å². The van der Waals surface area contributed by atoms with Crippen LogP contribution in [0.3, 0.4) is 0 Å². The van der Waals surface area contributed by atoms with Crippen molar-refractivity contribution >= 4 is 33.3 Å². The second-order valence-electron chi connectivity index (χ2n) is 6.57. The summed E-state index contributed by atoms with van der Waals surface area (Å²) in [6.45, 7) is 2.46. The molecule has 0 radical (unpaired) electrons. The van der Waals surface area contributed by atoms with E-state index in [-0.39, 0.29) is 10.8 Å². The summed E-state index contributed by atoms with van der Waals surface area (Å²) < 4.78 is 33.1. The molecule has 0 spiro atoms. The summed E-state index contributed by atoms with van der Waals surface area (Å²) in [6.07, 6.45) is 4.49. The van der Waals surface area contributed by atoms with Crippen LogP contribution in [0.1, 0.15) is 37.3 Å². The highest BCUT2D eigenvalue weighted by Crippen LogP contribution is 2.36. The number of hydrogen-bond acceptors (Lipinski definition) is 4. The lowest BCUT2D eigenvalue weighted by Gasteiger charge is -2.08. The summed E-state index contributed by atoms with van der Waals surface area (Å²) in [7, 11) is -2.07. The maximum absolute atomic E-state index is 12.6. The van der Waals surface area contributed by atoms with E-state index in [0.717, 1.165) is 24.8 Å². The summed E-state index contributed by atoms with van der Waals surface area (Å²) in [5, 5.41) is 2.78. The summed E-state index contributed by atoms with van der Waals surface area (Å²) in [4.78, 5) is 12.6. The molecule has 0 atom stereocenters. The molecule has 0 saturated carbocycles. The number of ether oxygens (including phenoxy) is 1. The molecule has 0 aliphatic carbocycles. The first-order valence-electron chi connectivity index (χ1n) is 9.26. The monoisotopic (exact) mass is 400 g/mol. The lowest BCUT2D eigenvalue weighted by Crippen LogP contribution is -2.24. The van der Waals surface area contributed by atoms with Crippen LogP contribution in [0.4, 0.5) is 5.69 Å². The largest absolute Gasteiger partial charge is 0.496 e. The smallest absolute Gasteiger partial charge is 0.256 e. The SMILES string of the molecule is CCCCCNS(=O)(=O)c1ccc2c(c1)/C(=C\c1ccccc1OC)C(=O)N2. The Bertz CT molecular complexity index is 1010. The lowest BCUT2D eigenvalue weighted by molar-refractivity contribution is -0.110. The minimum absolute atomic E-state index is 0.144. The molecule has 2 aromatic rings. The number of para-hydroxylation sites is 1. The molecule has 148 valence electrons. The Morgan fingerprint density at radius 3 is 2.68 bits per heavy atom. The first-order valence-corrected chi connectivity index (χ1v) is 10.7. The Balaban J connectivity index is 1.94. The number of carbonyl (C=O) groups excluding carboxylic acids is 1. The Morgan fingerprint density at radius 1 is 1.14 bits per heavy atom. The quantitative estimate of drug-likeness (QED) is 0.523. The number of nitrogens with one attached hydrogen (secondary N) is 2. The average Bonchev–Trinajstić information content (AvgIpc) is 3.00. The van der Waals surface area contributed by atoms with Crippen molar-refractivity contribution in [2.75, 3.05) is 19.0 Å². The van der Waals surface area contributed by atoms with Crippen molar-refractivity contribution in [1.82, 2.24) is 4.72 Å². The molecule has 0 saturated heterocycles. The average molecular weight is 401 g/mol. The van der Waals surface area contributed by atoms with Gasteiger partial charge >= 0.3 is 0 Å². The molecule has 1 aliphatic heterocycles. The van der Waals surface area contributed by atoms with Crippen LogP contribution in [0.25, 0.3) is 11.6 Å². The highest BCUT2D eigenvalue weighted by atomic mass is 32.2. The fourth-order valence-corrected chi connectivity index (χ4v) is 4.18. The minimum Gasteiger partial charge on any atom is -0.496 e. The number of benzene rings is 2. The first-order chi connectivity index (χ1) is 13.5. The van der Waals surface area contributed by atoms with E-state index in [4.69, 9.17) is 4.74 Å². The van der Waals surface area contributed by atoms with Crippen molar-refractivity contribution in [2.45, 2.75) is 31.1 Å². The van der Waals surface area contributed by atoms with Crippen molar-refractivity contribution < 1.29 is 17.9 Å². The Morgan fingerprint density at radius 2 is 1.93 bits per heavy atom. The molecule has 3 rings (SSSR count). The van der Waals surface area contributed by atoms with E-state index in [1.165, 1.54) is 12.1 Å². The minimum atomic E-state index is -3.63. The molecule has 1 amide bonds. The number of carbonyl (C=O) groups is 1. The highest BCUT2D eigenvalue weighted by molar-refractivity contribution is 7.89. The predicted octanol–water partition coefficient (Wildman–Crippen LogP) is 3.66. The van der Waals surface area contributed by atoms with Gasteiger partial charge in [-0.05, 0) is 36.8 Å². The number of methoxy groups -OCH3 is 1. The van der Waals surface area contributed by atoms with Gasteiger partial charge in [0.15, 0.2) is 0 Å². The molecule has 28 heavy (non-hydrogen) atoms.